The Kier molecular flexibility index (Phi) is 1.24. The van der Waals surface area contributed by atoms with Crippen molar-refractivity contribution in [3.63, 3.8) is 0 Å². The zero-order chi connectivity index (χ0) is 8.67. The highest BCUT2D eigenvalue weighted by Crippen LogP contribution is 2.32. The van der Waals surface area contributed by atoms with E-state index < -0.39 is 0 Å². The van der Waals surface area contributed by atoms with Gasteiger partial charge in [-0.3, -0.25) is 0 Å². The Morgan fingerprint density at radius 3 is 3.15 bits per heavy atom. The average molecular weight is 176 g/mol. The fourth-order valence-corrected chi connectivity index (χ4v) is 1.49. The van der Waals surface area contributed by atoms with Crippen molar-refractivity contribution < 1.29 is 9.47 Å². The molecule has 0 saturated heterocycles. The minimum absolute atomic E-state index is 0.597. The average Bonchev–Trinajstić information content (AvgIpc) is 2.65. The molecule has 0 unspecified atom stereocenters. The quantitative estimate of drug-likeness (QED) is 0.603. The molecule has 0 aromatic carbocycles. The lowest BCUT2D eigenvalue weighted by Crippen LogP contribution is -2.16. The van der Waals surface area contributed by atoms with Crippen molar-refractivity contribution in [3.8, 4) is 11.5 Å². The number of ether oxygens (including phenoxy) is 2. The van der Waals surface area contributed by atoms with Crippen LogP contribution in [0.1, 0.15) is 0 Å². The molecule has 0 fully saturated rings. The van der Waals surface area contributed by atoms with Crippen molar-refractivity contribution in [3.05, 3.63) is 24.7 Å². The van der Waals surface area contributed by atoms with Crippen LogP contribution in [0.3, 0.4) is 0 Å². The van der Waals surface area contributed by atoms with Gasteiger partial charge >= 0.3 is 0 Å². The summed E-state index contributed by atoms with van der Waals surface area (Å²) in [5.74, 6) is 1.53. The van der Waals surface area contributed by atoms with Crippen LogP contribution in [-0.4, -0.2) is 22.6 Å². The van der Waals surface area contributed by atoms with Gasteiger partial charge in [-0.2, -0.15) is 0 Å². The fraction of sp³-hybridized carbons (Fsp3) is 0.222. The molecule has 1 aliphatic rings. The van der Waals surface area contributed by atoms with Gasteiger partial charge in [0.2, 0.25) is 5.75 Å². The molecular weight excluding hydrogens is 168 g/mol. The largest absolute Gasteiger partial charge is 0.486 e. The molecule has 13 heavy (non-hydrogen) atoms. The van der Waals surface area contributed by atoms with Crippen molar-refractivity contribution in [1.29, 1.82) is 0 Å². The van der Waals surface area contributed by atoms with Crippen molar-refractivity contribution >= 4 is 5.65 Å². The van der Waals surface area contributed by atoms with Crippen LogP contribution in [0, 0.1) is 0 Å². The topological polar surface area (TPSA) is 35.8 Å². The first kappa shape index (κ1) is 6.77. The number of hydrogen-bond acceptors (Lipinski definition) is 3. The second-order valence-corrected chi connectivity index (χ2v) is 2.86. The first-order valence-electron chi connectivity index (χ1n) is 4.16. The lowest BCUT2D eigenvalue weighted by molar-refractivity contribution is 0.172. The molecule has 0 aliphatic carbocycles. The van der Waals surface area contributed by atoms with E-state index in [1.165, 1.54) is 0 Å². The summed E-state index contributed by atoms with van der Waals surface area (Å²) >= 11 is 0. The van der Waals surface area contributed by atoms with Crippen LogP contribution in [0.4, 0.5) is 0 Å². The smallest absolute Gasteiger partial charge is 0.205 e. The van der Waals surface area contributed by atoms with Gasteiger partial charge < -0.3 is 13.9 Å². The standard InChI is InChI=1S/C9H8N2O2/c1-3-11-4-2-10-9(11)8-7(1)12-5-6-13-8/h1-4H,5-6H2. The fourth-order valence-electron chi connectivity index (χ4n) is 1.49. The number of hydrogen-bond donors (Lipinski definition) is 0. The van der Waals surface area contributed by atoms with Crippen LogP contribution in [-0.2, 0) is 0 Å². The molecule has 0 radical (unpaired) electrons. The van der Waals surface area contributed by atoms with E-state index in [0.717, 1.165) is 17.1 Å². The number of pyridine rings is 1. The van der Waals surface area contributed by atoms with Crippen molar-refractivity contribution in [2.24, 2.45) is 0 Å². The molecule has 3 rings (SSSR count). The zero-order valence-electron chi connectivity index (χ0n) is 6.93. The third-order valence-electron chi connectivity index (χ3n) is 2.07. The predicted octanol–water partition coefficient (Wildman–Crippen LogP) is 1.11. The molecule has 2 aromatic heterocycles. The molecule has 4 nitrogen and oxygen atoms in total. The number of aromatic nitrogens is 2. The Labute approximate surface area is 74.7 Å². The van der Waals surface area contributed by atoms with Gasteiger partial charge in [0.05, 0.1) is 0 Å². The number of imidazole rings is 1. The van der Waals surface area contributed by atoms with Gasteiger partial charge in [-0.15, -0.1) is 0 Å². The van der Waals surface area contributed by atoms with Crippen LogP contribution in [0.2, 0.25) is 0 Å². The van der Waals surface area contributed by atoms with Crippen molar-refractivity contribution in [2.75, 3.05) is 13.2 Å². The minimum atomic E-state index is 0.597. The van der Waals surface area contributed by atoms with E-state index in [4.69, 9.17) is 9.47 Å². The monoisotopic (exact) mass is 176 g/mol. The Bertz CT molecular complexity index is 450. The summed E-state index contributed by atoms with van der Waals surface area (Å²) in [4.78, 5) is 4.19. The maximum Gasteiger partial charge on any atom is 0.205 e. The number of fused-ring (bicyclic) bond motifs is 3. The first-order chi connectivity index (χ1) is 6.45. The van der Waals surface area contributed by atoms with Crippen LogP contribution < -0.4 is 9.47 Å². The summed E-state index contributed by atoms with van der Waals surface area (Å²) < 4.78 is 12.8. The highest BCUT2D eigenvalue weighted by atomic mass is 16.6. The molecule has 2 aromatic rings. The van der Waals surface area contributed by atoms with E-state index in [0.29, 0.717) is 13.2 Å². The van der Waals surface area contributed by atoms with E-state index in [-0.39, 0.29) is 0 Å². The second-order valence-electron chi connectivity index (χ2n) is 2.86. The molecule has 0 atom stereocenters. The Morgan fingerprint density at radius 2 is 2.15 bits per heavy atom. The van der Waals surface area contributed by atoms with Gasteiger partial charge in [0, 0.05) is 24.7 Å². The van der Waals surface area contributed by atoms with Gasteiger partial charge in [-0.25, -0.2) is 4.98 Å². The third-order valence-corrected chi connectivity index (χ3v) is 2.07. The third kappa shape index (κ3) is 0.884. The molecule has 3 heterocycles. The molecular formula is C9H8N2O2. The Hall–Kier alpha value is -1.71. The normalized spacial score (nSPS) is 14.8. The van der Waals surface area contributed by atoms with Crippen molar-refractivity contribution in [2.45, 2.75) is 0 Å². The van der Waals surface area contributed by atoms with E-state index in [1.54, 1.807) is 6.20 Å². The maximum atomic E-state index is 5.49. The molecule has 4 heteroatoms. The van der Waals surface area contributed by atoms with Crippen LogP contribution in [0.15, 0.2) is 24.7 Å². The van der Waals surface area contributed by atoms with E-state index in [1.807, 2.05) is 22.9 Å². The predicted molar refractivity (Wildman–Crippen MR) is 46.2 cm³/mol. The van der Waals surface area contributed by atoms with Crippen LogP contribution in [0.25, 0.3) is 5.65 Å². The lowest BCUT2D eigenvalue weighted by atomic mass is 10.4. The van der Waals surface area contributed by atoms with Crippen LogP contribution in [0.5, 0.6) is 11.5 Å². The summed E-state index contributed by atoms with van der Waals surface area (Å²) in [6, 6.07) is 1.89. The van der Waals surface area contributed by atoms with Gasteiger partial charge in [-0.05, 0) is 0 Å². The summed E-state index contributed by atoms with van der Waals surface area (Å²) in [6.07, 6.45) is 5.54. The molecule has 1 aliphatic heterocycles. The van der Waals surface area contributed by atoms with Gasteiger partial charge in [0.15, 0.2) is 11.4 Å². The summed E-state index contributed by atoms with van der Waals surface area (Å²) in [5.41, 5.74) is 0.817. The molecule has 0 bridgehead atoms. The molecule has 0 spiro atoms. The number of rotatable bonds is 0. The molecule has 66 valence electrons. The maximum absolute atomic E-state index is 5.49. The van der Waals surface area contributed by atoms with E-state index in [9.17, 15) is 0 Å². The van der Waals surface area contributed by atoms with Crippen molar-refractivity contribution in [1.82, 2.24) is 9.38 Å². The highest BCUT2D eigenvalue weighted by Gasteiger charge is 2.15. The molecule has 0 N–H and O–H groups in total. The SMILES string of the molecule is c1cn2ccc3c(c2n1)OCCO3. The summed E-state index contributed by atoms with van der Waals surface area (Å²) in [5, 5.41) is 0. The summed E-state index contributed by atoms with van der Waals surface area (Å²) in [7, 11) is 0. The minimum Gasteiger partial charge on any atom is -0.486 e. The highest BCUT2D eigenvalue weighted by molar-refractivity contribution is 5.61. The Balaban J connectivity index is 2.34. The summed E-state index contributed by atoms with van der Waals surface area (Å²) in [6.45, 7) is 1.21. The van der Waals surface area contributed by atoms with E-state index in [2.05, 4.69) is 4.98 Å². The first-order valence-corrected chi connectivity index (χ1v) is 4.16. The van der Waals surface area contributed by atoms with E-state index >= 15 is 0 Å². The Morgan fingerprint density at radius 1 is 1.23 bits per heavy atom. The lowest BCUT2D eigenvalue weighted by Gasteiger charge is -2.18. The molecule has 0 saturated carbocycles. The zero-order valence-corrected chi connectivity index (χ0v) is 6.93. The van der Waals surface area contributed by atoms with Crippen LogP contribution >= 0.6 is 0 Å². The molecule has 0 amide bonds. The second kappa shape index (κ2) is 2.39. The van der Waals surface area contributed by atoms with Gasteiger partial charge in [0.25, 0.3) is 0 Å². The van der Waals surface area contributed by atoms with Gasteiger partial charge in [-0.1, -0.05) is 0 Å². The van der Waals surface area contributed by atoms with Gasteiger partial charge in [0.1, 0.15) is 13.2 Å². The number of nitrogens with zero attached hydrogens (tertiary/aromatic N) is 2.